The fourth-order valence-corrected chi connectivity index (χ4v) is 3.95. The van der Waals surface area contributed by atoms with Crippen LogP contribution in [-0.4, -0.2) is 34.0 Å². The average molecular weight is 481 g/mol. The maximum Gasteiger partial charge on any atom is 0.257 e. The number of benzene rings is 2. The lowest BCUT2D eigenvalue weighted by Crippen LogP contribution is -2.43. The summed E-state index contributed by atoms with van der Waals surface area (Å²) in [7, 11) is 0. The summed E-state index contributed by atoms with van der Waals surface area (Å²) in [6.07, 6.45) is 3.47. The topological polar surface area (TPSA) is 101 Å². The van der Waals surface area contributed by atoms with Gasteiger partial charge in [0.25, 0.3) is 11.8 Å². The summed E-state index contributed by atoms with van der Waals surface area (Å²) in [6.45, 7) is 1.75. The second-order valence-corrected chi connectivity index (χ2v) is 8.56. The van der Waals surface area contributed by atoms with Crippen LogP contribution in [0, 0.1) is 18.6 Å². The molecule has 1 heterocycles. The summed E-state index contributed by atoms with van der Waals surface area (Å²) in [4.78, 5) is 29.3. The van der Waals surface area contributed by atoms with Crippen LogP contribution in [0.5, 0.6) is 17.4 Å². The van der Waals surface area contributed by atoms with Gasteiger partial charge in [0.15, 0.2) is 0 Å². The standard InChI is InChI=1S/C26H25F2N3O4/c1-15-2-3-16(12-23(15)32)24(33)30-19-6-8-20(9-7-19)31-25(34)22-13-18(28)14-29-26(22)35-21-10-4-17(27)5-11-21/h2-5,10-14,19-20,32H,6-9H2,1H3,(H,30,33)(H,31,34). The zero-order valence-corrected chi connectivity index (χ0v) is 19.1. The second kappa shape index (κ2) is 10.5. The van der Waals surface area contributed by atoms with Crippen LogP contribution < -0.4 is 15.4 Å². The highest BCUT2D eigenvalue weighted by Crippen LogP contribution is 2.26. The van der Waals surface area contributed by atoms with E-state index in [1.165, 1.54) is 30.3 Å². The molecule has 0 radical (unpaired) electrons. The van der Waals surface area contributed by atoms with Crippen LogP contribution >= 0.6 is 0 Å². The molecule has 2 aromatic carbocycles. The lowest BCUT2D eigenvalue weighted by molar-refractivity contribution is 0.0890. The number of aromatic nitrogens is 1. The van der Waals surface area contributed by atoms with Gasteiger partial charge < -0.3 is 20.5 Å². The summed E-state index contributed by atoms with van der Waals surface area (Å²) in [6, 6.07) is 10.8. The Morgan fingerprint density at radius 2 is 1.54 bits per heavy atom. The number of carbonyl (C=O) groups is 2. The Kier molecular flexibility index (Phi) is 7.24. The zero-order chi connectivity index (χ0) is 24.9. The highest BCUT2D eigenvalue weighted by Gasteiger charge is 2.26. The van der Waals surface area contributed by atoms with Gasteiger partial charge in [-0.25, -0.2) is 13.8 Å². The fraction of sp³-hybridized carbons (Fsp3) is 0.269. The molecule has 0 saturated heterocycles. The molecule has 7 nitrogen and oxygen atoms in total. The Morgan fingerprint density at radius 3 is 2.17 bits per heavy atom. The molecule has 3 aromatic rings. The van der Waals surface area contributed by atoms with Gasteiger partial charge in [0.2, 0.25) is 5.88 Å². The zero-order valence-electron chi connectivity index (χ0n) is 19.1. The molecule has 35 heavy (non-hydrogen) atoms. The molecular weight excluding hydrogens is 456 g/mol. The molecule has 1 aromatic heterocycles. The molecule has 182 valence electrons. The number of amides is 2. The summed E-state index contributed by atoms with van der Waals surface area (Å²) in [5.74, 6) is -1.67. The monoisotopic (exact) mass is 481 g/mol. The summed E-state index contributed by atoms with van der Waals surface area (Å²) < 4.78 is 32.6. The molecule has 4 rings (SSSR count). The molecule has 2 amide bonds. The van der Waals surface area contributed by atoms with Gasteiger partial charge in [0.1, 0.15) is 28.7 Å². The molecule has 9 heteroatoms. The van der Waals surface area contributed by atoms with Crippen molar-refractivity contribution in [1.29, 1.82) is 0 Å². The van der Waals surface area contributed by atoms with Crippen LogP contribution in [0.3, 0.4) is 0 Å². The second-order valence-electron chi connectivity index (χ2n) is 8.56. The molecule has 0 unspecified atom stereocenters. The Balaban J connectivity index is 1.34. The fourth-order valence-electron chi connectivity index (χ4n) is 3.95. The van der Waals surface area contributed by atoms with Crippen LogP contribution in [-0.2, 0) is 0 Å². The first-order chi connectivity index (χ1) is 16.8. The number of hydrogen-bond acceptors (Lipinski definition) is 5. The van der Waals surface area contributed by atoms with Crippen LogP contribution in [0.25, 0.3) is 0 Å². The van der Waals surface area contributed by atoms with Crippen LogP contribution in [0.2, 0.25) is 0 Å². The number of nitrogens with one attached hydrogen (secondary N) is 2. The van der Waals surface area contributed by atoms with Crippen molar-refractivity contribution in [1.82, 2.24) is 15.6 Å². The first-order valence-electron chi connectivity index (χ1n) is 11.3. The van der Waals surface area contributed by atoms with E-state index in [1.807, 2.05) is 0 Å². The van der Waals surface area contributed by atoms with Crippen molar-refractivity contribution >= 4 is 11.8 Å². The number of carbonyl (C=O) groups excluding carboxylic acids is 2. The van der Waals surface area contributed by atoms with E-state index in [4.69, 9.17) is 4.74 Å². The smallest absolute Gasteiger partial charge is 0.257 e. The van der Waals surface area contributed by atoms with Crippen molar-refractivity contribution in [2.24, 2.45) is 0 Å². The number of phenols is 1. The van der Waals surface area contributed by atoms with E-state index in [2.05, 4.69) is 15.6 Å². The third kappa shape index (κ3) is 6.11. The van der Waals surface area contributed by atoms with Gasteiger partial charge >= 0.3 is 0 Å². The Hall–Kier alpha value is -4.01. The first-order valence-corrected chi connectivity index (χ1v) is 11.3. The highest BCUT2D eigenvalue weighted by molar-refractivity contribution is 5.96. The summed E-state index contributed by atoms with van der Waals surface area (Å²) in [5, 5.41) is 15.7. The number of nitrogens with zero attached hydrogens (tertiary/aromatic N) is 1. The van der Waals surface area contributed by atoms with Gasteiger partial charge in [-0.1, -0.05) is 6.07 Å². The predicted octanol–water partition coefficient (Wildman–Crippen LogP) is 4.64. The molecule has 1 fully saturated rings. The number of pyridine rings is 1. The van der Waals surface area contributed by atoms with Gasteiger partial charge in [-0.2, -0.15) is 0 Å². The largest absolute Gasteiger partial charge is 0.508 e. The van der Waals surface area contributed by atoms with E-state index < -0.39 is 17.5 Å². The number of phenolic OH excluding ortho intramolecular Hbond substituents is 1. The highest BCUT2D eigenvalue weighted by atomic mass is 19.1. The molecule has 0 aliphatic heterocycles. The maximum absolute atomic E-state index is 13.8. The van der Waals surface area contributed by atoms with Crippen molar-refractivity contribution in [2.45, 2.75) is 44.7 Å². The maximum atomic E-state index is 13.8. The summed E-state index contributed by atoms with van der Waals surface area (Å²) in [5.41, 5.74) is 1.01. The average Bonchev–Trinajstić information content (AvgIpc) is 2.84. The normalized spacial score (nSPS) is 17.5. The first kappa shape index (κ1) is 24.1. The Labute approximate surface area is 201 Å². The van der Waals surface area contributed by atoms with E-state index in [0.717, 1.165) is 12.3 Å². The van der Waals surface area contributed by atoms with Crippen molar-refractivity contribution in [3.05, 3.63) is 83.1 Å². The predicted molar refractivity (Wildman–Crippen MR) is 124 cm³/mol. The van der Waals surface area contributed by atoms with E-state index in [9.17, 15) is 23.5 Å². The van der Waals surface area contributed by atoms with Gasteiger partial charge in [0.05, 0.1) is 6.20 Å². The van der Waals surface area contributed by atoms with Crippen LogP contribution in [0.15, 0.2) is 54.7 Å². The Morgan fingerprint density at radius 1 is 0.914 bits per heavy atom. The number of rotatable bonds is 6. The van der Waals surface area contributed by atoms with Crippen molar-refractivity contribution in [3.63, 3.8) is 0 Å². The molecule has 1 aliphatic rings. The SMILES string of the molecule is Cc1ccc(C(=O)NC2CCC(NC(=O)c3cc(F)cnc3Oc3ccc(F)cc3)CC2)cc1O. The number of hydrogen-bond donors (Lipinski definition) is 3. The minimum absolute atomic E-state index is 0.0627. The third-order valence-corrected chi connectivity index (χ3v) is 5.96. The van der Waals surface area contributed by atoms with Crippen LogP contribution in [0.4, 0.5) is 8.78 Å². The molecule has 1 saturated carbocycles. The molecular formula is C26H25F2N3O4. The van der Waals surface area contributed by atoms with Crippen molar-refractivity contribution in [3.8, 4) is 17.4 Å². The number of aryl methyl sites for hydroxylation is 1. The number of halogens is 2. The van der Waals surface area contributed by atoms with E-state index in [0.29, 0.717) is 36.8 Å². The molecule has 3 N–H and O–H groups in total. The number of ether oxygens (including phenoxy) is 1. The molecule has 1 aliphatic carbocycles. The summed E-state index contributed by atoms with van der Waals surface area (Å²) >= 11 is 0. The molecule has 0 atom stereocenters. The lowest BCUT2D eigenvalue weighted by atomic mass is 9.90. The van der Waals surface area contributed by atoms with E-state index in [-0.39, 0.29) is 40.9 Å². The van der Waals surface area contributed by atoms with Gasteiger partial charge in [-0.05, 0) is 80.6 Å². The van der Waals surface area contributed by atoms with Gasteiger partial charge in [-0.3, -0.25) is 9.59 Å². The van der Waals surface area contributed by atoms with Gasteiger partial charge in [0, 0.05) is 17.6 Å². The van der Waals surface area contributed by atoms with E-state index >= 15 is 0 Å². The Bertz CT molecular complexity index is 1230. The molecule has 0 bridgehead atoms. The third-order valence-electron chi connectivity index (χ3n) is 5.96. The minimum Gasteiger partial charge on any atom is -0.508 e. The lowest BCUT2D eigenvalue weighted by Gasteiger charge is -2.29. The molecule has 0 spiro atoms. The number of aromatic hydroxyl groups is 1. The van der Waals surface area contributed by atoms with Crippen LogP contribution in [0.1, 0.15) is 52.0 Å². The van der Waals surface area contributed by atoms with Crippen molar-refractivity contribution in [2.75, 3.05) is 0 Å². The van der Waals surface area contributed by atoms with Gasteiger partial charge in [-0.15, -0.1) is 0 Å². The quantitative estimate of drug-likeness (QED) is 0.476. The van der Waals surface area contributed by atoms with Crippen molar-refractivity contribution < 1.29 is 28.2 Å². The minimum atomic E-state index is -0.685. The van der Waals surface area contributed by atoms with E-state index in [1.54, 1.807) is 19.1 Å².